The number of nitrogens with two attached hydrogens (primary N) is 1. The van der Waals surface area contributed by atoms with Gasteiger partial charge in [-0.1, -0.05) is 0 Å². The smallest absolute Gasteiger partial charge is 0.412 e. The number of furan rings is 2. The van der Waals surface area contributed by atoms with Crippen molar-refractivity contribution >= 4 is 6.09 Å². The number of hydrogen-bond acceptors (Lipinski definition) is 4. The van der Waals surface area contributed by atoms with E-state index in [1.54, 1.807) is 12.1 Å². The summed E-state index contributed by atoms with van der Waals surface area (Å²) >= 11 is 0. The van der Waals surface area contributed by atoms with Gasteiger partial charge in [0.05, 0.1) is 11.8 Å². The van der Waals surface area contributed by atoms with Crippen LogP contribution in [0.3, 0.4) is 0 Å². The van der Waals surface area contributed by atoms with Crippen LogP contribution in [0.25, 0.3) is 11.3 Å². The minimum atomic E-state index is -0.905. The molecule has 0 aromatic carbocycles. The summed E-state index contributed by atoms with van der Waals surface area (Å²) in [4.78, 5) is 10.4. The summed E-state index contributed by atoms with van der Waals surface area (Å²) in [5.74, 6) is 0.615. The standard InChI is InChI=1S/C9H7NO4/c10-9(11)14-8-2-1-7(13-8)6-3-4-12-5-6/h1-5H,(H2,10,11). The monoisotopic (exact) mass is 193 g/mol. The zero-order valence-electron chi connectivity index (χ0n) is 7.10. The number of amides is 1. The Labute approximate surface area is 79.1 Å². The molecular formula is C9H7NO4. The van der Waals surface area contributed by atoms with Crippen LogP contribution < -0.4 is 10.5 Å². The van der Waals surface area contributed by atoms with Crippen LogP contribution in [0.1, 0.15) is 0 Å². The lowest BCUT2D eigenvalue weighted by atomic mass is 10.3. The van der Waals surface area contributed by atoms with E-state index in [1.807, 2.05) is 0 Å². The van der Waals surface area contributed by atoms with Gasteiger partial charge in [-0.15, -0.1) is 0 Å². The third-order valence-electron chi connectivity index (χ3n) is 1.59. The van der Waals surface area contributed by atoms with Crippen molar-refractivity contribution in [3.63, 3.8) is 0 Å². The second-order valence-electron chi connectivity index (χ2n) is 2.55. The maximum absolute atomic E-state index is 10.4. The summed E-state index contributed by atoms with van der Waals surface area (Å²) in [5, 5.41) is 0. The van der Waals surface area contributed by atoms with Crippen LogP contribution >= 0.6 is 0 Å². The highest BCUT2D eigenvalue weighted by molar-refractivity contribution is 5.67. The van der Waals surface area contributed by atoms with Gasteiger partial charge in [0, 0.05) is 6.07 Å². The van der Waals surface area contributed by atoms with Crippen molar-refractivity contribution in [3.05, 3.63) is 30.7 Å². The van der Waals surface area contributed by atoms with Crippen molar-refractivity contribution in [2.75, 3.05) is 0 Å². The Balaban J connectivity index is 2.22. The molecule has 14 heavy (non-hydrogen) atoms. The first-order chi connectivity index (χ1) is 6.75. The molecule has 2 rings (SSSR count). The van der Waals surface area contributed by atoms with Crippen LogP contribution in [0.4, 0.5) is 4.79 Å². The van der Waals surface area contributed by atoms with Crippen LogP contribution in [-0.2, 0) is 0 Å². The van der Waals surface area contributed by atoms with Crippen molar-refractivity contribution in [1.82, 2.24) is 0 Å². The van der Waals surface area contributed by atoms with E-state index in [1.165, 1.54) is 18.6 Å². The SMILES string of the molecule is NC(=O)Oc1ccc(-c2ccoc2)o1. The van der Waals surface area contributed by atoms with E-state index in [0.29, 0.717) is 5.76 Å². The van der Waals surface area contributed by atoms with E-state index in [4.69, 9.17) is 14.6 Å². The van der Waals surface area contributed by atoms with Crippen molar-refractivity contribution < 1.29 is 18.4 Å². The average molecular weight is 193 g/mol. The van der Waals surface area contributed by atoms with Crippen LogP contribution in [0, 0.1) is 0 Å². The van der Waals surface area contributed by atoms with Gasteiger partial charge in [0.1, 0.15) is 12.0 Å². The maximum Gasteiger partial charge on any atom is 0.412 e. The lowest BCUT2D eigenvalue weighted by Crippen LogP contribution is -2.15. The molecule has 0 spiro atoms. The summed E-state index contributed by atoms with van der Waals surface area (Å²) in [6, 6.07) is 4.89. The zero-order valence-corrected chi connectivity index (χ0v) is 7.10. The predicted molar refractivity (Wildman–Crippen MR) is 46.6 cm³/mol. The fourth-order valence-electron chi connectivity index (χ4n) is 1.03. The molecule has 0 fully saturated rings. The average Bonchev–Trinajstić information content (AvgIpc) is 2.69. The van der Waals surface area contributed by atoms with Crippen LogP contribution in [0.2, 0.25) is 0 Å². The summed E-state index contributed by atoms with van der Waals surface area (Å²) in [7, 11) is 0. The molecule has 2 aromatic heterocycles. The largest absolute Gasteiger partial charge is 0.472 e. The van der Waals surface area contributed by atoms with Gasteiger partial charge < -0.3 is 19.3 Å². The van der Waals surface area contributed by atoms with Gasteiger partial charge >= 0.3 is 6.09 Å². The fraction of sp³-hybridized carbons (Fsp3) is 0. The highest BCUT2D eigenvalue weighted by Crippen LogP contribution is 2.26. The molecule has 0 aliphatic rings. The summed E-state index contributed by atoms with van der Waals surface area (Å²) in [6.45, 7) is 0. The Hall–Kier alpha value is -2.17. The Morgan fingerprint density at radius 3 is 2.86 bits per heavy atom. The minimum Gasteiger partial charge on any atom is -0.472 e. The lowest BCUT2D eigenvalue weighted by molar-refractivity contribution is 0.198. The highest BCUT2D eigenvalue weighted by atomic mass is 16.6. The number of carbonyl (C=O) groups is 1. The van der Waals surface area contributed by atoms with Crippen LogP contribution in [0.5, 0.6) is 5.95 Å². The molecule has 0 atom stereocenters. The molecular weight excluding hydrogens is 186 g/mol. The predicted octanol–water partition coefficient (Wildman–Crippen LogP) is 2.00. The van der Waals surface area contributed by atoms with Gasteiger partial charge in [0.15, 0.2) is 0 Å². The zero-order chi connectivity index (χ0) is 9.97. The molecule has 0 radical (unpaired) electrons. The van der Waals surface area contributed by atoms with Crippen molar-refractivity contribution in [2.24, 2.45) is 5.73 Å². The van der Waals surface area contributed by atoms with Crippen molar-refractivity contribution in [3.8, 4) is 17.3 Å². The first-order valence-corrected chi connectivity index (χ1v) is 3.85. The molecule has 5 heteroatoms. The quantitative estimate of drug-likeness (QED) is 0.790. The van der Waals surface area contributed by atoms with Gasteiger partial charge in [-0.05, 0) is 12.1 Å². The van der Waals surface area contributed by atoms with Crippen LogP contribution in [0.15, 0.2) is 39.6 Å². The van der Waals surface area contributed by atoms with Gasteiger partial charge in [0.2, 0.25) is 0 Å². The molecule has 0 unspecified atom stereocenters. The Bertz CT molecular complexity index is 429. The molecule has 1 amide bonds. The van der Waals surface area contributed by atoms with Gasteiger partial charge in [-0.3, -0.25) is 0 Å². The van der Waals surface area contributed by atoms with E-state index in [2.05, 4.69) is 4.74 Å². The number of ether oxygens (including phenoxy) is 1. The maximum atomic E-state index is 10.4. The third kappa shape index (κ3) is 1.61. The molecule has 0 saturated carbocycles. The molecule has 0 saturated heterocycles. The first-order valence-electron chi connectivity index (χ1n) is 3.85. The van der Waals surface area contributed by atoms with E-state index in [-0.39, 0.29) is 5.95 Å². The van der Waals surface area contributed by atoms with Gasteiger partial charge in [-0.2, -0.15) is 0 Å². The lowest BCUT2D eigenvalue weighted by Gasteiger charge is -1.93. The number of rotatable bonds is 2. The summed E-state index contributed by atoms with van der Waals surface area (Å²) < 4.78 is 14.6. The normalized spacial score (nSPS) is 10.0. The number of hydrogen-bond donors (Lipinski definition) is 1. The molecule has 0 aliphatic heterocycles. The molecule has 0 bridgehead atoms. The van der Waals surface area contributed by atoms with E-state index in [9.17, 15) is 4.79 Å². The Morgan fingerprint density at radius 1 is 1.36 bits per heavy atom. The van der Waals surface area contributed by atoms with E-state index < -0.39 is 6.09 Å². The van der Waals surface area contributed by atoms with Crippen LogP contribution in [-0.4, -0.2) is 6.09 Å². The Kier molecular flexibility index (Phi) is 1.98. The summed E-state index contributed by atoms with van der Waals surface area (Å²) in [5.41, 5.74) is 5.58. The minimum absolute atomic E-state index is 0.0636. The topological polar surface area (TPSA) is 78.6 Å². The molecule has 0 aliphatic carbocycles. The molecule has 2 N–H and O–H groups in total. The molecule has 72 valence electrons. The number of primary amides is 1. The third-order valence-corrected chi connectivity index (χ3v) is 1.59. The summed E-state index contributed by atoms with van der Waals surface area (Å²) in [6.07, 6.45) is 2.14. The molecule has 2 heterocycles. The van der Waals surface area contributed by atoms with E-state index >= 15 is 0 Å². The second-order valence-corrected chi connectivity index (χ2v) is 2.55. The molecule has 2 aromatic rings. The van der Waals surface area contributed by atoms with Gasteiger partial charge in [0.25, 0.3) is 5.95 Å². The number of carbonyl (C=O) groups excluding carboxylic acids is 1. The first kappa shape index (κ1) is 8.43. The highest BCUT2D eigenvalue weighted by Gasteiger charge is 2.07. The van der Waals surface area contributed by atoms with Gasteiger partial charge in [-0.25, -0.2) is 4.79 Å². The second kappa shape index (κ2) is 3.29. The van der Waals surface area contributed by atoms with Crippen molar-refractivity contribution in [1.29, 1.82) is 0 Å². The molecule has 5 nitrogen and oxygen atoms in total. The fourth-order valence-corrected chi connectivity index (χ4v) is 1.03. The Morgan fingerprint density at radius 2 is 2.21 bits per heavy atom. The van der Waals surface area contributed by atoms with E-state index in [0.717, 1.165) is 5.56 Å². The van der Waals surface area contributed by atoms with Crippen molar-refractivity contribution in [2.45, 2.75) is 0 Å².